The Kier molecular flexibility index (Phi) is 2.37. The molecule has 0 aliphatic heterocycles. The highest BCUT2D eigenvalue weighted by Gasteiger charge is 2.07. The number of nitrogen functional groups attached to an aromatic ring is 2. The third kappa shape index (κ3) is 1.56. The zero-order valence-corrected chi connectivity index (χ0v) is 8.66. The van der Waals surface area contributed by atoms with Gasteiger partial charge >= 0.3 is 0 Å². The molecule has 0 spiro atoms. The van der Waals surface area contributed by atoms with E-state index in [2.05, 4.69) is 0 Å². The number of rotatable bonds is 2. The van der Waals surface area contributed by atoms with Crippen LogP contribution in [-0.2, 0) is 0 Å². The van der Waals surface area contributed by atoms with Gasteiger partial charge in [-0.05, 0) is 24.4 Å². The number of anilines is 2. The van der Waals surface area contributed by atoms with E-state index in [4.69, 9.17) is 16.2 Å². The Bertz CT molecular complexity index is 494. The first kappa shape index (κ1) is 9.65. The maximum absolute atomic E-state index is 6.00. The van der Waals surface area contributed by atoms with Gasteiger partial charge in [-0.2, -0.15) is 0 Å². The highest BCUT2D eigenvalue weighted by atomic mass is 16.5. The van der Waals surface area contributed by atoms with Gasteiger partial charge in [0.2, 0.25) is 0 Å². The lowest BCUT2D eigenvalue weighted by atomic mass is 10.1. The molecule has 3 heteroatoms. The number of hydrogen-bond acceptors (Lipinski definition) is 3. The summed E-state index contributed by atoms with van der Waals surface area (Å²) < 4.78 is 5.42. The summed E-state index contributed by atoms with van der Waals surface area (Å²) in [7, 11) is 0. The van der Waals surface area contributed by atoms with Crippen molar-refractivity contribution in [1.29, 1.82) is 0 Å². The van der Waals surface area contributed by atoms with Crippen molar-refractivity contribution in [3.05, 3.63) is 30.3 Å². The van der Waals surface area contributed by atoms with Crippen molar-refractivity contribution in [3.8, 4) is 5.75 Å². The normalized spacial score (nSPS) is 10.5. The molecule has 0 saturated heterocycles. The summed E-state index contributed by atoms with van der Waals surface area (Å²) in [5.41, 5.74) is 13.2. The van der Waals surface area contributed by atoms with E-state index in [0.717, 1.165) is 10.8 Å². The Morgan fingerprint density at radius 1 is 1.13 bits per heavy atom. The van der Waals surface area contributed by atoms with Crippen molar-refractivity contribution >= 4 is 22.1 Å². The zero-order chi connectivity index (χ0) is 10.8. The van der Waals surface area contributed by atoms with Crippen LogP contribution in [0.2, 0.25) is 0 Å². The first-order valence-corrected chi connectivity index (χ1v) is 4.93. The van der Waals surface area contributed by atoms with Gasteiger partial charge in [-0.1, -0.05) is 18.2 Å². The van der Waals surface area contributed by atoms with Gasteiger partial charge in [0.05, 0.1) is 12.3 Å². The standard InChI is InChI=1S/C12H14N2O/c1-2-15-10-7-6-8-4-3-5-9(13)11(8)12(10)14/h3-7H,2,13-14H2,1H3. The number of nitrogens with two attached hydrogens (primary N) is 2. The minimum Gasteiger partial charge on any atom is -0.492 e. The van der Waals surface area contributed by atoms with Crippen molar-refractivity contribution in [1.82, 2.24) is 0 Å². The van der Waals surface area contributed by atoms with E-state index < -0.39 is 0 Å². The van der Waals surface area contributed by atoms with Crippen LogP contribution in [0.15, 0.2) is 30.3 Å². The summed E-state index contributed by atoms with van der Waals surface area (Å²) in [6.07, 6.45) is 0. The molecule has 2 aromatic carbocycles. The molecule has 0 amide bonds. The van der Waals surface area contributed by atoms with E-state index in [-0.39, 0.29) is 0 Å². The number of hydrogen-bond donors (Lipinski definition) is 2. The Morgan fingerprint density at radius 2 is 1.93 bits per heavy atom. The van der Waals surface area contributed by atoms with E-state index in [0.29, 0.717) is 23.7 Å². The largest absolute Gasteiger partial charge is 0.492 e. The zero-order valence-electron chi connectivity index (χ0n) is 8.66. The molecule has 0 aromatic heterocycles. The van der Waals surface area contributed by atoms with Crippen LogP contribution in [0.4, 0.5) is 11.4 Å². The molecule has 0 atom stereocenters. The minimum atomic E-state index is 0.600. The van der Waals surface area contributed by atoms with Crippen LogP contribution in [0.5, 0.6) is 5.75 Å². The van der Waals surface area contributed by atoms with E-state index in [1.165, 1.54) is 0 Å². The van der Waals surface area contributed by atoms with Crippen molar-refractivity contribution in [2.75, 3.05) is 18.1 Å². The van der Waals surface area contributed by atoms with E-state index in [1.54, 1.807) is 0 Å². The van der Waals surface area contributed by atoms with Crippen LogP contribution in [0.1, 0.15) is 6.92 Å². The first-order chi connectivity index (χ1) is 7.24. The van der Waals surface area contributed by atoms with Crippen LogP contribution >= 0.6 is 0 Å². The molecule has 0 aliphatic rings. The molecule has 0 radical (unpaired) electrons. The number of benzene rings is 2. The highest BCUT2D eigenvalue weighted by molar-refractivity contribution is 6.03. The molecule has 0 unspecified atom stereocenters. The van der Waals surface area contributed by atoms with E-state index in [9.17, 15) is 0 Å². The van der Waals surface area contributed by atoms with Crippen molar-refractivity contribution in [2.24, 2.45) is 0 Å². The fourth-order valence-electron chi connectivity index (χ4n) is 1.70. The maximum Gasteiger partial charge on any atom is 0.142 e. The maximum atomic E-state index is 6.00. The van der Waals surface area contributed by atoms with Gasteiger partial charge in [0.15, 0.2) is 0 Å². The number of fused-ring (bicyclic) bond motifs is 1. The topological polar surface area (TPSA) is 61.3 Å². The molecule has 0 fully saturated rings. The fourth-order valence-corrected chi connectivity index (χ4v) is 1.70. The lowest BCUT2D eigenvalue weighted by Crippen LogP contribution is -1.99. The van der Waals surface area contributed by atoms with Gasteiger partial charge in [0.1, 0.15) is 5.75 Å². The molecule has 78 valence electrons. The third-order valence-electron chi connectivity index (χ3n) is 2.38. The molecule has 0 heterocycles. The van der Waals surface area contributed by atoms with Gasteiger partial charge < -0.3 is 16.2 Å². The average molecular weight is 202 g/mol. The van der Waals surface area contributed by atoms with Crippen molar-refractivity contribution in [2.45, 2.75) is 6.92 Å². The Labute approximate surface area is 88.6 Å². The summed E-state index contributed by atoms with van der Waals surface area (Å²) in [6.45, 7) is 2.53. The second-order valence-electron chi connectivity index (χ2n) is 3.36. The first-order valence-electron chi connectivity index (χ1n) is 4.93. The van der Waals surface area contributed by atoms with Crippen LogP contribution in [0, 0.1) is 0 Å². The summed E-state index contributed by atoms with van der Waals surface area (Å²) in [5.74, 6) is 0.697. The highest BCUT2D eigenvalue weighted by Crippen LogP contribution is 2.34. The molecule has 3 nitrogen and oxygen atoms in total. The summed E-state index contributed by atoms with van der Waals surface area (Å²) in [6, 6.07) is 9.58. The summed E-state index contributed by atoms with van der Waals surface area (Å²) in [5, 5.41) is 1.92. The Hall–Kier alpha value is -1.90. The molecule has 15 heavy (non-hydrogen) atoms. The molecular formula is C12H14N2O. The summed E-state index contributed by atoms with van der Waals surface area (Å²) in [4.78, 5) is 0. The SMILES string of the molecule is CCOc1ccc2cccc(N)c2c1N. The molecule has 4 N–H and O–H groups in total. The van der Waals surface area contributed by atoms with Crippen LogP contribution in [0.3, 0.4) is 0 Å². The predicted octanol–water partition coefficient (Wildman–Crippen LogP) is 2.40. The van der Waals surface area contributed by atoms with Crippen LogP contribution in [-0.4, -0.2) is 6.61 Å². The van der Waals surface area contributed by atoms with Crippen LogP contribution in [0.25, 0.3) is 10.8 Å². The monoisotopic (exact) mass is 202 g/mol. The van der Waals surface area contributed by atoms with Crippen molar-refractivity contribution in [3.63, 3.8) is 0 Å². The molecule has 0 saturated carbocycles. The van der Waals surface area contributed by atoms with Gasteiger partial charge in [-0.15, -0.1) is 0 Å². The molecular weight excluding hydrogens is 188 g/mol. The smallest absolute Gasteiger partial charge is 0.142 e. The van der Waals surface area contributed by atoms with E-state index >= 15 is 0 Å². The third-order valence-corrected chi connectivity index (χ3v) is 2.38. The van der Waals surface area contributed by atoms with Gasteiger partial charge in [0.25, 0.3) is 0 Å². The molecule has 0 aliphatic carbocycles. The fraction of sp³-hybridized carbons (Fsp3) is 0.167. The lowest BCUT2D eigenvalue weighted by molar-refractivity contribution is 0.342. The summed E-state index contributed by atoms with van der Waals surface area (Å²) >= 11 is 0. The van der Waals surface area contributed by atoms with Crippen molar-refractivity contribution < 1.29 is 4.74 Å². The second kappa shape index (κ2) is 3.69. The molecule has 2 aromatic rings. The molecule has 2 rings (SSSR count). The quantitative estimate of drug-likeness (QED) is 0.735. The lowest BCUT2D eigenvalue weighted by Gasteiger charge is -2.10. The average Bonchev–Trinajstić information content (AvgIpc) is 2.22. The van der Waals surface area contributed by atoms with Gasteiger partial charge in [0, 0.05) is 11.1 Å². The van der Waals surface area contributed by atoms with Gasteiger partial charge in [-0.3, -0.25) is 0 Å². The Balaban J connectivity index is 2.71. The number of ether oxygens (including phenoxy) is 1. The second-order valence-corrected chi connectivity index (χ2v) is 3.36. The molecule has 0 bridgehead atoms. The minimum absolute atomic E-state index is 0.600. The predicted molar refractivity (Wildman–Crippen MR) is 63.9 cm³/mol. The van der Waals surface area contributed by atoms with Gasteiger partial charge in [-0.25, -0.2) is 0 Å². The van der Waals surface area contributed by atoms with E-state index in [1.807, 2.05) is 37.3 Å². The Morgan fingerprint density at radius 3 is 2.67 bits per heavy atom. The van der Waals surface area contributed by atoms with Crippen LogP contribution < -0.4 is 16.2 Å².